The van der Waals surface area contributed by atoms with Gasteiger partial charge in [-0.25, -0.2) is 4.79 Å². The second-order valence-electron chi connectivity index (χ2n) is 6.87. The Morgan fingerprint density at radius 1 is 1.11 bits per heavy atom. The van der Waals surface area contributed by atoms with Gasteiger partial charge in [-0.15, -0.1) is 0 Å². The third kappa shape index (κ3) is 3.81. The largest absolute Gasteiger partial charge is 0.478 e. The van der Waals surface area contributed by atoms with E-state index in [1.165, 1.54) is 11.6 Å². The van der Waals surface area contributed by atoms with Crippen LogP contribution >= 0.6 is 0 Å². The van der Waals surface area contributed by atoms with Gasteiger partial charge < -0.3 is 5.11 Å². The van der Waals surface area contributed by atoms with Gasteiger partial charge in [0.05, 0.1) is 0 Å². The maximum Gasteiger partial charge on any atom is 0.327 e. The molecule has 3 rings (SSSR count). The first kappa shape index (κ1) is 19.4. The zero-order valence-electron chi connectivity index (χ0n) is 15.5. The van der Waals surface area contributed by atoms with Gasteiger partial charge in [-0.05, 0) is 29.5 Å². The van der Waals surface area contributed by atoms with E-state index in [0.717, 1.165) is 23.6 Å². The highest BCUT2D eigenvalue weighted by Crippen LogP contribution is 2.38. The number of hydrogen-bond donors (Lipinski definition) is 1. The van der Waals surface area contributed by atoms with Crippen molar-refractivity contribution >= 4 is 5.97 Å². The number of allylic oxidation sites excluding steroid dienone is 1. The molecule has 2 aromatic carbocycles. The first-order valence-electron chi connectivity index (χ1n) is 9.19. The second kappa shape index (κ2) is 8.52. The predicted octanol–water partition coefficient (Wildman–Crippen LogP) is 3.65. The number of carboxylic acid groups (broad SMARTS) is 1. The number of nitriles is 2. The van der Waals surface area contributed by atoms with Gasteiger partial charge in [0.2, 0.25) is 5.54 Å². The monoisotopic (exact) mass is 371 g/mol. The normalized spacial score (nSPS) is 15.4. The molecule has 1 heterocycles. The van der Waals surface area contributed by atoms with Gasteiger partial charge in [0.25, 0.3) is 0 Å². The predicted molar refractivity (Wildman–Crippen MR) is 105 cm³/mol. The zero-order valence-corrected chi connectivity index (χ0v) is 15.5. The van der Waals surface area contributed by atoms with Crippen LogP contribution in [0.1, 0.15) is 29.0 Å². The van der Waals surface area contributed by atoms with Crippen molar-refractivity contribution in [2.75, 3.05) is 6.54 Å². The molecule has 1 atom stereocenters. The zero-order chi connectivity index (χ0) is 20.0. The van der Waals surface area contributed by atoms with E-state index in [4.69, 9.17) is 5.11 Å². The van der Waals surface area contributed by atoms with Gasteiger partial charge in [0, 0.05) is 25.1 Å². The Morgan fingerprint density at radius 2 is 1.75 bits per heavy atom. The molecule has 0 bridgehead atoms. The molecule has 0 aliphatic carbocycles. The van der Waals surface area contributed by atoms with E-state index in [2.05, 4.69) is 18.2 Å². The Bertz CT molecular complexity index is 940. The van der Waals surface area contributed by atoms with E-state index in [-0.39, 0.29) is 6.42 Å². The maximum absolute atomic E-state index is 10.9. The molecule has 0 saturated heterocycles. The van der Waals surface area contributed by atoms with Crippen LogP contribution in [0.5, 0.6) is 0 Å². The average molecular weight is 371 g/mol. The Labute approximate surface area is 164 Å². The molecule has 1 aliphatic heterocycles. The fourth-order valence-electron chi connectivity index (χ4n) is 3.88. The molecule has 1 aliphatic rings. The highest BCUT2D eigenvalue weighted by Gasteiger charge is 2.46. The lowest BCUT2D eigenvalue weighted by molar-refractivity contribution is -0.131. The first-order valence-corrected chi connectivity index (χ1v) is 9.19. The third-order valence-corrected chi connectivity index (χ3v) is 5.31. The molecule has 0 radical (unpaired) electrons. The van der Waals surface area contributed by atoms with E-state index in [0.29, 0.717) is 13.1 Å². The van der Waals surface area contributed by atoms with Gasteiger partial charge >= 0.3 is 5.97 Å². The first-order chi connectivity index (χ1) is 13.6. The van der Waals surface area contributed by atoms with Gasteiger partial charge in [-0.1, -0.05) is 60.7 Å². The Morgan fingerprint density at radius 3 is 2.39 bits per heavy atom. The molecule has 0 spiro atoms. The summed E-state index contributed by atoms with van der Waals surface area (Å²) in [7, 11) is 0. The smallest absolute Gasteiger partial charge is 0.327 e. The second-order valence-corrected chi connectivity index (χ2v) is 6.87. The number of fused-ring (bicyclic) bond motifs is 1. The number of carbonyl (C=O) groups is 1. The molecule has 0 fully saturated rings. The highest BCUT2D eigenvalue weighted by molar-refractivity contribution is 5.79. The highest BCUT2D eigenvalue weighted by atomic mass is 16.4. The SMILES string of the molecule is N#CC(C#N)(C(C/C=C/C(=O)O)c1ccccc1)N1CCc2ccccc2C1. The van der Waals surface area contributed by atoms with Crippen molar-refractivity contribution in [3.63, 3.8) is 0 Å². The molecule has 1 unspecified atom stereocenters. The number of rotatable bonds is 6. The summed E-state index contributed by atoms with van der Waals surface area (Å²) in [5, 5.41) is 29.3. The van der Waals surface area contributed by atoms with Crippen LogP contribution in [0, 0.1) is 22.7 Å². The van der Waals surface area contributed by atoms with E-state index in [1.54, 1.807) is 0 Å². The summed E-state index contributed by atoms with van der Waals surface area (Å²) in [5.74, 6) is -1.51. The van der Waals surface area contributed by atoms with Crippen LogP contribution in [-0.4, -0.2) is 28.1 Å². The molecule has 5 heteroatoms. The van der Waals surface area contributed by atoms with Crippen molar-refractivity contribution in [2.45, 2.75) is 30.8 Å². The van der Waals surface area contributed by atoms with E-state index in [1.807, 2.05) is 53.4 Å². The summed E-state index contributed by atoms with van der Waals surface area (Å²) in [6.07, 6.45) is 3.66. The number of nitrogens with zero attached hydrogens (tertiary/aromatic N) is 3. The summed E-state index contributed by atoms with van der Waals surface area (Å²) < 4.78 is 0. The molecule has 140 valence electrons. The number of hydrogen-bond acceptors (Lipinski definition) is 4. The van der Waals surface area contributed by atoms with Crippen molar-refractivity contribution in [1.82, 2.24) is 4.90 Å². The summed E-state index contributed by atoms with van der Waals surface area (Å²) in [6.45, 7) is 1.12. The van der Waals surface area contributed by atoms with Crippen LogP contribution in [-0.2, 0) is 17.8 Å². The topological polar surface area (TPSA) is 88.1 Å². The van der Waals surface area contributed by atoms with Crippen LogP contribution in [0.25, 0.3) is 0 Å². The fourth-order valence-corrected chi connectivity index (χ4v) is 3.88. The van der Waals surface area contributed by atoms with Crippen LogP contribution in [0.2, 0.25) is 0 Å². The minimum absolute atomic E-state index is 0.287. The Hall–Kier alpha value is -3.41. The van der Waals surface area contributed by atoms with Crippen molar-refractivity contribution in [3.8, 4) is 12.1 Å². The molecule has 28 heavy (non-hydrogen) atoms. The standard InChI is InChI=1S/C23H21N3O2/c24-16-23(17-25,26-14-13-18-7-4-5-10-20(18)15-26)21(11-6-12-22(27)28)19-8-2-1-3-9-19/h1-10,12,21H,11,13-15H2,(H,27,28)/b12-6+. The minimum Gasteiger partial charge on any atom is -0.478 e. The van der Waals surface area contributed by atoms with Crippen LogP contribution in [0.3, 0.4) is 0 Å². The molecule has 0 amide bonds. The number of benzene rings is 2. The van der Waals surface area contributed by atoms with E-state index >= 15 is 0 Å². The minimum atomic E-state index is -1.39. The molecule has 0 saturated carbocycles. The van der Waals surface area contributed by atoms with Crippen LogP contribution in [0.4, 0.5) is 0 Å². The molecular weight excluding hydrogens is 350 g/mol. The third-order valence-electron chi connectivity index (χ3n) is 5.31. The Balaban J connectivity index is 2.02. The van der Waals surface area contributed by atoms with Crippen molar-refractivity contribution < 1.29 is 9.90 Å². The Kier molecular flexibility index (Phi) is 5.89. The molecular formula is C23H21N3O2. The molecule has 0 aromatic heterocycles. The van der Waals surface area contributed by atoms with Crippen molar-refractivity contribution in [1.29, 1.82) is 10.5 Å². The summed E-state index contributed by atoms with van der Waals surface area (Å²) in [6, 6.07) is 22.0. The number of carboxylic acids is 1. The van der Waals surface area contributed by atoms with Crippen molar-refractivity contribution in [3.05, 3.63) is 83.4 Å². The fraction of sp³-hybridized carbons (Fsp3) is 0.261. The van der Waals surface area contributed by atoms with Gasteiger partial charge in [0.15, 0.2) is 0 Å². The summed E-state index contributed by atoms with van der Waals surface area (Å²) in [4.78, 5) is 12.8. The van der Waals surface area contributed by atoms with Gasteiger partial charge in [-0.2, -0.15) is 10.5 Å². The van der Waals surface area contributed by atoms with Gasteiger partial charge in [0.1, 0.15) is 12.1 Å². The van der Waals surface area contributed by atoms with Gasteiger partial charge in [-0.3, -0.25) is 4.90 Å². The van der Waals surface area contributed by atoms with Crippen molar-refractivity contribution in [2.24, 2.45) is 0 Å². The average Bonchev–Trinajstić information content (AvgIpc) is 2.74. The lowest BCUT2D eigenvalue weighted by Crippen LogP contribution is -2.52. The molecule has 5 nitrogen and oxygen atoms in total. The summed E-state index contributed by atoms with van der Waals surface area (Å²) >= 11 is 0. The number of aliphatic carboxylic acids is 1. The maximum atomic E-state index is 10.9. The summed E-state index contributed by atoms with van der Waals surface area (Å²) in [5.41, 5.74) is 1.82. The van der Waals surface area contributed by atoms with E-state index in [9.17, 15) is 15.3 Å². The van der Waals surface area contributed by atoms with Crippen LogP contribution in [0.15, 0.2) is 66.7 Å². The quantitative estimate of drug-likeness (QED) is 0.783. The molecule has 1 N–H and O–H groups in total. The lowest BCUT2D eigenvalue weighted by Gasteiger charge is -2.41. The van der Waals surface area contributed by atoms with E-state index < -0.39 is 17.4 Å². The molecule has 2 aromatic rings. The lowest BCUT2D eigenvalue weighted by atomic mass is 9.76. The van der Waals surface area contributed by atoms with Crippen LogP contribution < -0.4 is 0 Å².